The number of aliphatic hydroxyl groups is 1. The molecule has 0 bridgehead atoms. The summed E-state index contributed by atoms with van der Waals surface area (Å²) in [5, 5.41) is 17.5. The van der Waals surface area contributed by atoms with Crippen molar-refractivity contribution >= 4 is 0 Å². The van der Waals surface area contributed by atoms with Gasteiger partial charge in [0.05, 0.1) is 13.2 Å². The summed E-state index contributed by atoms with van der Waals surface area (Å²) in [6.07, 6.45) is 2.15. The number of aliphatic hydroxyl groups excluding tert-OH is 1. The molecule has 1 heterocycles. The number of benzene rings is 1. The highest BCUT2D eigenvalue weighted by atomic mass is 16.5. The first-order valence-corrected chi connectivity index (χ1v) is 6.70. The van der Waals surface area contributed by atoms with Gasteiger partial charge in [-0.05, 0) is 23.8 Å². The first kappa shape index (κ1) is 14.6. The molecule has 0 saturated carbocycles. The van der Waals surface area contributed by atoms with Gasteiger partial charge in [0.1, 0.15) is 5.75 Å². The minimum Gasteiger partial charge on any atom is -0.497 e. The van der Waals surface area contributed by atoms with Gasteiger partial charge in [-0.1, -0.05) is 12.1 Å². The third-order valence-corrected chi connectivity index (χ3v) is 3.30. The number of rotatable bonds is 7. The van der Waals surface area contributed by atoms with Crippen LogP contribution in [-0.2, 0) is 13.5 Å². The van der Waals surface area contributed by atoms with Gasteiger partial charge in [0, 0.05) is 38.4 Å². The lowest BCUT2D eigenvalue weighted by Gasteiger charge is -2.13. The number of methoxy groups -OCH3 is 1. The highest BCUT2D eigenvalue weighted by molar-refractivity contribution is 5.29. The molecule has 1 atom stereocenters. The predicted octanol–water partition coefficient (Wildman–Crippen LogP) is 1.29. The SMILES string of the molecule is COc1cccc(C(O)CNCCc2ccnn2C)c1. The van der Waals surface area contributed by atoms with Gasteiger partial charge in [0.25, 0.3) is 0 Å². The van der Waals surface area contributed by atoms with E-state index in [-0.39, 0.29) is 0 Å². The second-order valence-electron chi connectivity index (χ2n) is 4.69. The highest BCUT2D eigenvalue weighted by Gasteiger charge is 2.08. The number of hydrogen-bond donors (Lipinski definition) is 2. The minimum atomic E-state index is -0.531. The molecule has 2 rings (SSSR count). The topological polar surface area (TPSA) is 59.3 Å². The van der Waals surface area contributed by atoms with Crippen LogP contribution in [0, 0.1) is 0 Å². The summed E-state index contributed by atoms with van der Waals surface area (Å²) in [5.74, 6) is 0.761. The van der Waals surface area contributed by atoms with Gasteiger partial charge in [0.2, 0.25) is 0 Å². The first-order valence-electron chi connectivity index (χ1n) is 6.70. The molecule has 0 fully saturated rings. The van der Waals surface area contributed by atoms with Gasteiger partial charge >= 0.3 is 0 Å². The van der Waals surface area contributed by atoms with E-state index in [9.17, 15) is 5.11 Å². The third-order valence-electron chi connectivity index (χ3n) is 3.30. The van der Waals surface area contributed by atoms with Crippen LogP contribution in [0.5, 0.6) is 5.75 Å². The van der Waals surface area contributed by atoms with Crippen molar-refractivity contribution in [1.29, 1.82) is 0 Å². The van der Waals surface area contributed by atoms with Gasteiger partial charge < -0.3 is 15.2 Å². The van der Waals surface area contributed by atoms with E-state index in [1.165, 1.54) is 5.69 Å². The lowest BCUT2D eigenvalue weighted by atomic mass is 10.1. The van der Waals surface area contributed by atoms with Crippen LogP contribution in [0.15, 0.2) is 36.5 Å². The number of nitrogens with one attached hydrogen (secondary N) is 1. The Morgan fingerprint density at radius 3 is 2.95 bits per heavy atom. The molecule has 2 N–H and O–H groups in total. The fraction of sp³-hybridized carbons (Fsp3) is 0.400. The zero-order chi connectivity index (χ0) is 14.4. The Kier molecular flexibility index (Phi) is 5.15. The zero-order valence-corrected chi connectivity index (χ0v) is 11.9. The Bertz CT molecular complexity index is 539. The molecule has 0 radical (unpaired) electrons. The van der Waals surface area contributed by atoms with Crippen LogP contribution in [-0.4, -0.2) is 35.1 Å². The molecule has 20 heavy (non-hydrogen) atoms. The van der Waals surface area contributed by atoms with Gasteiger partial charge in [-0.15, -0.1) is 0 Å². The Labute approximate surface area is 119 Å². The average molecular weight is 275 g/mol. The van der Waals surface area contributed by atoms with E-state index in [1.54, 1.807) is 13.3 Å². The molecule has 0 spiro atoms. The van der Waals surface area contributed by atoms with Crippen LogP contribution in [0.1, 0.15) is 17.4 Å². The molecule has 0 aliphatic carbocycles. The summed E-state index contributed by atoms with van der Waals surface area (Å²) in [4.78, 5) is 0. The summed E-state index contributed by atoms with van der Waals surface area (Å²) in [7, 11) is 3.55. The van der Waals surface area contributed by atoms with Crippen molar-refractivity contribution in [1.82, 2.24) is 15.1 Å². The quantitative estimate of drug-likeness (QED) is 0.748. The van der Waals surface area contributed by atoms with E-state index >= 15 is 0 Å². The molecule has 1 aromatic heterocycles. The standard InChI is InChI=1S/C15H21N3O2/c1-18-13(7-9-17-18)6-8-16-11-15(19)12-4-3-5-14(10-12)20-2/h3-5,7,9-10,15-16,19H,6,8,11H2,1-2H3. The number of ether oxygens (including phenoxy) is 1. The molecule has 108 valence electrons. The number of hydrogen-bond acceptors (Lipinski definition) is 4. The molecule has 0 saturated heterocycles. The van der Waals surface area contributed by atoms with E-state index in [0.29, 0.717) is 6.54 Å². The maximum atomic E-state index is 10.1. The van der Waals surface area contributed by atoms with Crippen LogP contribution in [0.4, 0.5) is 0 Å². The maximum Gasteiger partial charge on any atom is 0.119 e. The Morgan fingerprint density at radius 2 is 2.25 bits per heavy atom. The largest absolute Gasteiger partial charge is 0.497 e. The molecule has 1 unspecified atom stereocenters. The number of nitrogens with zero attached hydrogens (tertiary/aromatic N) is 2. The zero-order valence-electron chi connectivity index (χ0n) is 11.9. The van der Waals surface area contributed by atoms with Crippen LogP contribution in [0.3, 0.4) is 0 Å². The molecule has 0 aliphatic rings. The molecular weight excluding hydrogens is 254 g/mol. The number of aryl methyl sites for hydroxylation is 1. The molecule has 5 nitrogen and oxygen atoms in total. The summed E-state index contributed by atoms with van der Waals surface area (Å²) in [6.45, 7) is 1.32. The minimum absolute atomic E-state index is 0.519. The highest BCUT2D eigenvalue weighted by Crippen LogP contribution is 2.18. The normalized spacial score (nSPS) is 12.3. The summed E-state index contributed by atoms with van der Waals surface area (Å²) >= 11 is 0. The molecular formula is C15H21N3O2. The molecule has 1 aromatic carbocycles. The maximum absolute atomic E-state index is 10.1. The van der Waals surface area contributed by atoms with Crippen molar-refractivity contribution in [2.24, 2.45) is 7.05 Å². The van der Waals surface area contributed by atoms with E-state index in [1.807, 2.05) is 42.1 Å². The molecule has 2 aromatic rings. The first-order chi connectivity index (χ1) is 9.70. The fourth-order valence-corrected chi connectivity index (χ4v) is 2.07. The van der Waals surface area contributed by atoms with Crippen molar-refractivity contribution in [3.05, 3.63) is 47.8 Å². The lowest BCUT2D eigenvalue weighted by molar-refractivity contribution is 0.174. The van der Waals surface area contributed by atoms with Crippen molar-refractivity contribution < 1.29 is 9.84 Å². The predicted molar refractivity (Wildman–Crippen MR) is 77.7 cm³/mol. The van der Waals surface area contributed by atoms with E-state index < -0.39 is 6.10 Å². The van der Waals surface area contributed by atoms with E-state index in [2.05, 4.69) is 10.4 Å². The number of aromatic nitrogens is 2. The second-order valence-corrected chi connectivity index (χ2v) is 4.69. The van der Waals surface area contributed by atoms with Crippen LogP contribution >= 0.6 is 0 Å². The van der Waals surface area contributed by atoms with Gasteiger partial charge in [0.15, 0.2) is 0 Å². The molecule has 5 heteroatoms. The monoisotopic (exact) mass is 275 g/mol. The fourth-order valence-electron chi connectivity index (χ4n) is 2.07. The molecule has 0 aliphatic heterocycles. The molecule has 0 amide bonds. The van der Waals surface area contributed by atoms with E-state index in [4.69, 9.17) is 4.74 Å². The second kappa shape index (κ2) is 7.07. The Balaban J connectivity index is 1.77. The van der Waals surface area contributed by atoms with Crippen LogP contribution in [0.25, 0.3) is 0 Å². The van der Waals surface area contributed by atoms with Crippen LogP contribution < -0.4 is 10.1 Å². The van der Waals surface area contributed by atoms with Crippen LogP contribution in [0.2, 0.25) is 0 Å². The van der Waals surface area contributed by atoms with Crippen molar-refractivity contribution in [3.8, 4) is 5.75 Å². The van der Waals surface area contributed by atoms with Gasteiger partial charge in [-0.2, -0.15) is 5.10 Å². The Hall–Kier alpha value is -1.85. The Morgan fingerprint density at radius 1 is 1.40 bits per heavy atom. The van der Waals surface area contributed by atoms with Gasteiger partial charge in [-0.3, -0.25) is 4.68 Å². The summed E-state index contributed by atoms with van der Waals surface area (Å²) in [6, 6.07) is 9.50. The van der Waals surface area contributed by atoms with E-state index in [0.717, 1.165) is 24.3 Å². The lowest BCUT2D eigenvalue weighted by Crippen LogP contribution is -2.24. The van der Waals surface area contributed by atoms with Crippen molar-refractivity contribution in [2.75, 3.05) is 20.2 Å². The van der Waals surface area contributed by atoms with Crippen molar-refractivity contribution in [3.63, 3.8) is 0 Å². The third kappa shape index (κ3) is 3.82. The average Bonchev–Trinajstić information content (AvgIpc) is 2.89. The smallest absolute Gasteiger partial charge is 0.119 e. The van der Waals surface area contributed by atoms with Crippen molar-refractivity contribution in [2.45, 2.75) is 12.5 Å². The summed E-state index contributed by atoms with van der Waals surface area (Å²) < 4.78 is 7.01. The summed E-state index contributed by atoms with van der Waals surface area (Å²) in [5.41, 5.74) is 2.03. The van der Waals surface area contributed by atoms with Gasteiger partial charge in [-0.25, -0.2) is 0 Å².